The Morgan fingerprint density at radius 3 is 2.79 bits per heavy atom. The third kappa shape index (κ3) is 2.79. The lowest BCUT2D eigenvalue weighted by Crippen LogP contribution is -2.28. The van der Waals surface area contributed by atoms with Gasteiger partial charge in [0.05, 0.1) is 16.6 Å². The van der Waals surface area contributed by atoms with Crippen LogP contribution in [0.5, 0.6) is 0 Å². The molecule has 1 N–H and O–H groups in total. The molecule has 0 saturated carbocycles. The predicted octanol–water partition coefficient (Wildman–Crippen LogP) is 4.21. The largest absolute Gasteiger partial charge is 0.441 e. The number of imidazole rings is 1. The summed E-state index contributed by atoms with van der Waals surface area (Å²) in [5.41, 5.74) is 2.23. The van der Waals surface area contributed by atoms with Crippen LogP contribution in [0.25, 0.3) is 22.7 Å². The number of hydrogen-bond acceptors (Lipinski definition) is 4. The van der Waals surface area contributed by atoms with Gasteiger partial charge in [-0.15, -0.1) is 0 Å². The van der Waals surface area contributed by atoms with Crippen molar-refractivity contribution in [1.29, 1.82) is 5.26 Å². The maximum absolute atomic E-state index is 9.49. The van der Waals surface area contributed by atoms with Gasteiger partial charge in [-0.2, -0.15) is 5.26 Å². The monoisotopic (exact) mass is 318 g/mol. The van der Waals surface area contributed by atoms with E-state index in [9.17, 15) is 5.26 Å². The summed E-state index contributed by atoms with van der Waals surface area (Å²) < 4.78 is 5.91. The molecule has 3 aromatic rings. The molecule has 4 rings (SSSR count). The normalized spacial score (nSPS) is 15.6. The number of rotatable bonds is 3. The van der Waals surface area contributed by atoms with Crippen LogP contribution in [0, 0.1) is 11.3 Å². The number of nitrogens with zero attached hydrogens (tertiary/aromatic N) is 3. The Balaban J connectivity index is 1.63. The summed E-state index contributed by atoms with van der Waals surface area (Å²) in [5.74, 6) is 2.12. The average Bonchev–Trinajstić information content (AvgIpc) is 3.27. The SMILES string of the molecule is N#C/C(=C\c1ccc(N2CCCCC2)o1)c1nc2ccccc2[nH]1. The number of aromatic nitrogens is 2. The molecule has 24 heavy (non-hydrogen) atoms. The van der Waals surface area contributed by atoms with Crippen LogP contribution in [-0.4, -0.2) is 23.1 Å². The first-order chi connectivity index (χ1) is 11.8. The number of fused-ring (bicyclic) bond motifs is 1. The topological polar surface area (TPSA) is 68.8 Å². The number of aromatic amines is 1. The summed E-state index contributed by atoms with van der Waals surface area (Å²) in [6.07, 6.45) is 5.43. The highest BCUT2D eigenvalue weighted by atomic mass is 16.4. The molecule has 5 nitrogen and oxygen atoms in total. The number of para-hydroxylation sites is 2. The molecule has 1 fully saturated rings. The molecule has 1 aromatic carbocycles. The number of H-pyrrole nitrogens is 1. The Labute approximate surface area is 140 Å². The lowest BCUT2D eigenvalue weighted by Gasteiger charge is -2.25. The zero-order chi connectivity index (χ0) is 16.4. The molecular formula is C19H18N4O. The summed E-state index contributed by atoms with van der Waals surface area (Å²) in [7, 11) is 0. The highest BCUT2D eigenvalue weighted by molar-refractivity contribution is 5.89. The van der Waals surface area contributed by atoms with Gasteiger partial charge in [-0.1, -0.05) is 12.1 Å². The summed E-state index contributed by atoms with van der Waals surface area (Å²) in [4.78, 5) is 9.92. The second kappa shape index (κ2) is 6.25. The van der Waals surface area contributed by atoms with E-state index >= 15 is 0 Å². The number of anilines is 1. The molecule has 0 bridgehead atoms. The van der Waals surface area contributed by atoms with Gasteiger partial charge in [-0.3, -0.25) is 0 Å². The van der Waals surface area contributed by atoms with Crippen molar-refractivity contribution >= 4 is 28.6 Å². The fourth-order valence-electron chi connectivity index (χ4n) is 3.08. The molecule has 1 saturated heterocycles. The van der Waals surface area contributed by atoms with Gasteiger partial charge in [0.1, 0.15) is 17.7 Å². The zero-order valence-corrected chi connectivity index (χ0v) is 13.3. The van der Waals surface area contributed by atoms with Crippen molar-refractivity contribution in [2.24, 2.45) is 0 Å². The maximum Gasteiger partial charge on any atom is 0.196 e. The summed E-state index contributed by atoms with van der Waals surface area (Å²) in [5, 5.41) is 9.49. The number of allylic oxidation sites excluding steroid dienone is 1. The number of nitrogens with one attached hydrogen (secondary N) is 1. The van der Waals surface area contributed by atoms with Crippen LogP contribution in [0.4, 0.5) is 5.88 Å². The lowest BCUT2D eigenvalue weighted by atomic mass is 10.1. The van der Waals surface area contributed by atoms with E-state index in [1.54, 1.807) is 6.08 Å². The Morgan fingerprint density at radius 2 is 2.00 bits per heavy atom. The molecule has 2 aromatic heterocycles. The van der Waals surface area contributed by atoms with Crippen molar-refractivity contribution < 1.29 is 4.42 Å². The fraction of sp³-hybridized carbons (Fsp3) is 0.263. The Kier molecular flexibility index (Phi) is 3.80. The van der Waals surface area contributed by atoms with Gasteiger partial charge in [-0.05, 0) is 37.5 Å². The maximum atomic E-state index is 9.49. The standard InChI is InChI=1S/C19H18N4O/c20-13-14(19-21-16-6-2-3-7-17(16)22-19)12-15-8-9-18(24-15)23-10-4-1-5-11-23/h2-3,6-9,12H,1,4-5,10-11H2,(H,21,22)/b14-12+. The van der Waals surface area contributed by atoms with E-state index in [0.29, 0.717) is 17.2 Å². The van der Waals surface area contributed by atoms with Crippen LogP contribution in [0.3, 0.4) is 0 Å². The number of benzene rings is 1. The fourth-order valence-corrected chi connectivity index (χ4v) is 3.08. The molecule has 0 spiro atoms. The van der Waals surface area contributed by atoms with E-state index in [-0.39, 0.29) is 0 Å². The van der Waals surface area contributed by atoms with Gasteiger partial charge in [0.2, 0.25) is 0 Å². The van der Waals surface area contributed by atoms with Crippen molar-refractivity contribution in [2.75, 3.05) is 18.0 Å². The van der Waals surface area contributed by atoms with Crippen LogP contribution >= 0.6 is 0 Å². The Bertz CT molecular complexity index is 889. The number of furan rings is 1. The molecular weight excluding hydrogens is 300 g/mol. The summed E-state index contributed by atoms with van der Waals surface area (Å²) in [6.45, 7) is 2.07. The van der Waals surface area contributed by atoms with E-state index in [1.165, 1.54) is 19.3 Å². The van der Waals surface area contributed by atoms with Gasteiger partial charge < -0.3 is 14.3 Å². The van der Waals surface area contributed by atoms with Crippen LogP contribution in [0.15, 0.2) is 40.8 Å². The third-order valence-electron chi connectivity index (χ3n) is 4.33. The van der Waals surface area contributed by atoms with E-state index in [2.05, 4.69) is 20.9 Å². The minimum absolute atomic E-state index is 0.464. The van der Waals surface area contributed by atoms with Crippen LogP contribution in [0.2, 0.25) is 0 Å². The molecule has 1 aliphatic rings. The minimum atomic E-state index is 0.464. The zero-order valence-electron chi connectivity index (χ0n) is 13.3. The molecule has 3 heterocycles. The highest BCUT2D eigenvalue weighted by Gasteiger charge is 2.14. The first kappa shape index (κ1) is 14.6. The molecule has 0 amide bonds. The quantitative estimate of drug-likeness (QED) is 0.734. The third-order valence-corrected chi connectivity index (χ3v) is 4.33. The van der Waals surface area contributed by atoms with Crippen molar-refractivity contribution in [2.45, 2.75) is 19.3 Å². The predicted molar refractivity (Wildman–Crippen MR) is 94.3 cm³/mol. The van der Waals surface area contributed by atoms with E-state index < -0.39 is 0 Å². The number of hydrogen-bond donors (Lipinski definition) is 1. The lowest BCUT2D eigenvalue weighted by molar-refractivity contribution is 0.496. The molecule has 120 valence electrons. The summed E-state index contributed by atoms with van der Waals surface area (Å²) in [6, 6.07) is 13.8. The van der Waals surface area contributed by atoms with Crippen LogP contribution in [0.1, 0.15) is 30.8 Å². The second-order valence-corrected chi connectivity index (χ2v) is 6.00. The highest BCUT2D eigenvalue weighted by Crippen LogP contribution is 2.25. The van der Waals surface area contributed by atoms with Crippen molar-refractivity contribution in [1.82, 2.24) is 9.97 Å². The van der Waals surface area contributed by atoms with E-state index in [1.807, 2.05) is 36.4 Å². The number of piperidine rings is 1. The molecule has 0 unspecified atom stereocenters. The first-order valence-corrected chi connectivity index (χ1v) is 8.25. The van der Waals surface area contributed by atoms with E-state index in [0.717, 1.165) is 30.0 Å². The second-order valence-electron chi connectivity index (χ2n) is 6.00. The smallest absolute Gasteiger partial charge is 0.196 e. The van der Waals surface area contributed by atoms with Gasteiger partial charge in [0, 0.05) is 25.2 Å². The first-order valence-electron chi connectivity index (χ1n) is 8.25. The van der Waals surface area contributed by atoms with Crippen molar-refractivity contribution in [3.8, 4) is 6.07 Å². The van der Waals surface area contributed by atoms with E-state index in [4.69, 9.17) is 4.42 Å². The van der Waals surface area contributed by atoms with Crippen LogP contribution in [-0.2, 0) is 0 Å². The minimum Gasteiger partial charge on any atom is -0.441 e. The molecule has 0 radical (unpaired) electrons. The van der Waals surface area contributed by atoms with Crippen molar-refractivity contribution in [3.63, 3.8) is 0 Å². The Morgan fingerprint density at radius 1 is 1.17 bits per heavy atom. The van der Waals surface area contributed by atoms with Crippen LogP contribution < -0.4 is 4.90 Å². The molecule has 5 heteroatoms. The van der Waals surface area contributed by atoms with Gasteiger partial charge >= 0.3 is 0 Å². The average molecular weight is 318 g/mol. The van der Waals surface area contributed by atoms with Gasteiger partial charge in [0.15, 0.2) is 5.88 Å². The molecule has 0 aliphatic carbocycles. The number of nitriles is 1. The molecule has 0 atom stereocenters. The Hall–Kier alpha value is -3.00. The van der Waals surface area contributed by atoms with Gasteiger partial charge in [-0.25, -0.2) is 4.98 Å². The van der Waals surface area contributed by atoms with Crippen molar-refractivity contribution in [3.05, 3.63) is 48.0 Å². The molecule has 1 aliphatic heterocycles. The van der Waals surface area contributed by atoms with Gasteiger partial charge in [0.25, 0.3) is 0 Å². The summed E-state index contributed by atoms with van der Waals surface area (Å²) >= 11 is 0.